The highest BCUT2D eigenvalue weighted by Gasteiger charge is 2.45. The molecule has 0 unspecified atom stereocenters. The van der Waals surface area contributed by atoms with Crippen molar-refractivity contribution in [3.63, 3.8) is 0 Å². The minimum Gasteiger partial charge on any atom is -0.381 e. The van der Waals surface area contributed by atoms with Gasteiger partial charge in [0.1, 0.15) is 5.82 Å². The Kier molecular flexibility index (Phi) is 4.97. The largest absolute Gasteiger partial charge is 0.381 e. The molecule has 126 valence electrons. The van der Waals surface area contributed by atoms with Gasteiger partial charge >= 0.3 is 0 Å². The van der Waals surface area contributed by atoms with Gasteiger partial charge in [-0.05, 0) is 56.5 Å². The molecule has 2 heterocycles. The Bertz CT molecular complexity index is 558. The van der Waals surface area contributed by atoms with Gasteiger partial charge in [-0.15, -0.1) is 0 Å². The van der Waals surface area contributed by atoms with E-state index in [0.29, 0.717) is 32.0 Å². The molecule has 0 aromatic heterocycles. The van der Waals surface area contributed by atoms with E-state index in [0.717, 1.165) is 31.6 Å². The van der Waals surface area contributed by atoms with Gasteiger partial charge < -0.3 is 15.0 Å². The number of hydrogen-bond acceptors (Lipinski definition) is 3. The zero-order valence-corrected chi connectivity index (χ0v) is 13.7. The van der Waals surface area contributed by atoms with E-state index in [2.05, 4.69) is 5.32 Å². The maximum absolute atomic E-state index is 13.7. The van der Waals surface area contributed by atoms with Crippen LogP contribution in [0.5, 0.6) is 0 Å². The summed E-state index contributed by atoms with van der Waals surface area (Å²) in [6, 6.07) is 6.53. The fourth-order valence-corrected chi connectivity index (χ4v) is 3.91. The van der Waals surface area contributed by atoms with Crippen molar-refractivity contribution in [2.75, 3.05) is 39.9 Å². The van der Waals surface area contributed by atoms with Crippen LogP contribution in [0.15, 0.2) is 24.3 Å². The van der Waals surface area contributed by atoms with Crippen LogP contribution in [0.4, 0.5) is 4.39 Å². The monoisotopic (exact) mass is 320 g/mol. The number of nitrogens with zero attached hydrogens (tertiary/aromatic N) is 1. The molecule has 2 saturated heterocycles. The topological polar surface area (TPSA) is 41.6 Å². The fourth-order valence-electron chi connectivity index (χ4n) is 3.91. The van der Waals surface area contributed by atoms with Crippen LogP contribution in [0.1, 0.15) is 24.8 Å². The van der Waals surface area contributed by atoms with Crippen molar-refractivity contribution in [2.45, 2.75) is 24.7 Å². The third-order valence-electron chi connectivity index (χ3n) is 5.20. The predicted octanol–water partition coefficient (Wildman–Crippen LogP) is 1.94. The lowest BCUT2D eigenvalue weighted by molar-refractivity contribution is -0.140. The second-order valence-electron chi connectivity index (χ2n) is 6.67. The summed E-state index contributed by atoms with van der Waals surface area (Å²) in [5, 5.41) is 3.19. The molecule has 2 fully saturated rings. The van der Waals surface area contributed by atoms with E-state index < -0.39 is 5.41 Å². The maximum Gasteiger partial charge on any atom is 0.233 e. The lowest BCUT2D eigenvalue weighted by Gasteiger charge is -2.39. The molecule has 1 aromatic rings. The van der Waals surface area contributed by atoms with Crippen LogP contribution in [0.3, 0.4) is 0 Å². The summed E-state index contributed by atoms with van der Waals surface area (Å²) in [7, 11) is 1.94. The lowest BCUT2D eigenvalue weighted by atomic mass is 9.73. The van der Waals surface area contributed by atoms with Crippen molar-refractivity contribution in [1.29, 1.82) is 0 Å². The van der Waals surface area contributed by atoms with Gasteiger partial charge in [-0.2, -0.15) is 0 Å². The van der Waals surface area contributed by atoms with Gasteiger partial charge in [-0.1, -0.05) is 12.1 Å². The van der Waals surface area contributed by atoms with Gasteiger partial charge in [-0.25, -0.2) is 4.39 Å². The number of benzene rings is 1. The van der Waals surface area contributed by atoms with Crippen LogP contribution in [-0.2, 0) is 14.9 Å². The molecule has 2 aliphatic rings. The van der Waals surface area contributed by atoms with Crippen molar-refractivity contribution >= 4 is 5.91 Å². The molecule has 3 rings (SSSR count). The number of amides is 1. The first kappa shape index (κ1) is 16.4. The van der Waals surface area contributed by atoms with Crippen molar-refractivity contribution in [3.05, 3.63) is 35.6 Å². The summed E-state index contributed by atoms with van der Waals surface area (Å²) in [4.78, 5) is 15.3. The van der Waals surface area contributed by atoms with Crippen molar-refractivity contribution in [3.8, 4) is 0 Å². The second-order valence-corrected chi connectivity index (χ2v) is 6.67. The Morgan fingerprint density at radius 2 is 2.22 bits per heavy atom. The molecule has 2 aliphatic heterocycles. The van der Waals surface area contributed by atoms with E-state index in [9.17, 15) is 9.18 Å². The minimum absolute atomic E-state index is 0.144. The first-order valence-electron chi connectivity index (χ1n) is 8.43. The molecule has 1 N–H and O–H groups in total. The van der Waals surface area contributed by atoms with E-state index in [1.165, 1.54) is 12.1 Å². The van der Waals surface area contributed by atoms with E-state index >= 15 is 0 Å². The number of carbonyl (C=O) groups excluding carboxylic acids is 1. The Labute approximate surface area is 137 Å². The van der Waals surface area contributed by atoms with Gasteiger partial charge in [0, 0.05) is 26.3 Å². The highest BCUT2D eigenvalue weighted by molar-refractivity contribution is 5.88. The first-order valence-corrected chi connectivity index (χ1v) is 8.43. The zero-order chi connectivity index (χ0) is 16.3. The summed E-state index contributed by atoms with van der Waals surface area (Å²) in [6.07, 6.45) is 2.28. The molecule has 0 bridgehead atoms. The molecule has 4 nitrogen and oxygen atoms in total. The van der Waals surface area contributed by atoms with E-state index in [-0.39, 0.29) is 11.7 Å². The average molecular weight is 320 g/mol. The minimum atomic E-state index is -0.630. The number of rotatable bonds is 4. The molecular weight excluding hydrogens is 295 g/mol. The Hall–Kier alpha value is -1.46. The SMILES string of the molecule is CNC[C@@H]1CCN(C(=O)C2(c3cccc(F)c3)CCOCC2)C1. The standard InChI is InChI=1S/C18H25FN2O2/c1-20-12-14-5-8-21(13-14)17(22)18(6-9-23-10-7-18)15-3-2-4-16(19)11-15/h2-4,11,14,20H,5-10,12-13H2,1H3/t14-/m0/s1. The van der Waals surface area contributed by atoms with Crippen molar-refractivity contribution in [1.82, 2.24) is 10.2 Å². The molecule has 0 radical (unpaired) electrons. The second kappa shape index (κ2) is 6.97. The number of nitrogens with one attached hydrogen (secondary N) is 1. The molecule has 1 atom stereocenters. The summed E-state index contributed by atoms with van der Waals surface area (Å²) in [6.45, 7) is 3.62. The quantitative estimate of drug-likeness (QED) is 0.922. The van der Waals surface area contributed by atoms with E-state index in [1.807, 2.05) is 18.0 Å². The Morgan fingerprint density at radius 3 is 2.91 bits per heavy atom. The van der Waals surface area contributed by atoms with Crippen LogP contribution >= 0.6 is 0 Å². The van der Waals surface area contributed by atoms with Gasteiger partial charge in [0.15, 0.2) is 0 Å². The van der Waals surface area contributed by atoms with Gasteiger partial charge in [0.25, 0.3) is 0 Å². The number of halogens is 1. The van der Waals surface area contributed by atoms with Crippen molar-refractivity contribution in [2.24, 2.45) is 5.92 Å². The molecule has 23 heavy (non-hydrogen) atoms. The van der Waals surface area contributed by atoms with Crippen LogP contribution in [0.2, 0.25) is 0 Å². The Morgan fingerprint density at radius 1 is 1.43 bits per heavy atom. The summed E-state index contributed by atoms with van der Waals surface area (Å²) in [5.74, 6) is 0.369. The normalized spacial score (nSPS) is 23.9. The number of carbonyl (C=O) groups is 1. The third kappa shape index (κ3) is 3.26. The van der Waals surface area contributed by atoms with Crippen LogP contribution in [0.25, 0.3) is 0 Å². The van der Waals surface area contributed by atoms with Crippen LogP contribution in [0, 0.1) is 11.7 Å². The van der Waals surface area contributed by atoms with E-state index in [1.54, 1.807) is 6.07 Å². The van der Waals surface area contributed by atoms with Crippen LogP contribution < -0.4 is 5.32 Å². The summed E-state index contributed by atoms with van der Waals surface area (Å²) >= 11 is 0. The maximum atomic E-state index is 13.7. The van der Waals surface area contributed by atoms with Gasteiger partial charge in [-0.3, -0.25) is 4.79 Å². The lowest BCUT2D eigenvalue weighted by Crippen LogP contribution is -2.49. The molecule has 5 heteroatoms. The molecule has 0 saturated carbocycles. The molecule has 0 spiro atoms. The summed E-state index contributed by atoms with van der Waals surface area (Å²) in [5.41, 5.74) is 0.164. The zero-order valence-electron chi connectivity index (χ0n) is 13.7. The third-order valence-corrected chi connectivity index (χ3v) is 5.20. The first-order chi connectivity index (χ1) is 11.2. The van der Waals surface area contributed by atoms with Crippen LogP contribution in [-0.4, -0.2) is 50.7 Å². The fraction of sp³-hybridized carbons (Fsp3) is 0.611. The average Bonchev–Trinajstić information content (AvgIpc) is 3.04. The predicted molar refractivity (Wildman–Crippen MR) is 86.7 cm³/mol. The highest BCUT2D eigenvalue weighted by Crippen LogP contribution is 2.38. The summed E-state index contributed by atoms with van der Waals surface area (Å²) < 4.78 is 19.2. The molecule has 0 aliphatic carbocycles. The van der Waals surface area contributed by atoms with Gasteiger partial charge in [0.2, 0.25) is 5.91 Å². The number of ether oxygens (including phenoxy) is 1. The Balaban J connectivity index is 1.86. The smallest absolute Gasteiger partial charge is 0.233 e. The van der Waals surface area contributed by atoms with Gasteiger partial charge in [0.05, 0.1) is 5.41 Å². The number of hydrogen-bond donors (Lipinski definition) is 1. The molecule has 1 aromatic carbocycles. The molecule has 1 amide bonds. The molecular formula is C18H25FN2O2. The van der Waals surface area contributed by atoms with E-state index in [4.69, 9.17) is 4.74 Å². The van der Waals surface area contributed by atoms with Crippen molar-refractivity contribution < 1.29 is 13.9 Å². The highest BCUT2D eigenvalue weighted by atomic mass is 19.1. The number of likely N-dealkylation sites (tertiary alicyclic amines) is 1.